The normalized spacial score (nSPS) is 19.5. The Morgan fingerprint density at radius 1 is 1.32 bits per heavy atom. The molecule has 5 nitrogen and oxygen atoms in total. The van der Waals surface area contributed by atoms with E-state index in [1.54, 1.807) is 26.2 Å². The second-order valence-corrected chi connectivity index (χ2v) is 5.64. The van der Waals surface area contributed by atoms with Gasteiger partial charge in [-0.05, 0) is 38.3 Å². The van der Waals surface area contributed by atoms with Gasteiger partial charge in [-0.15, -0.1) is 0 Å². The summed E-state index contributed by atoms with van der Waals surface area (Å²) in [7, 11) is 1.54. The molecular weight excluding hydrogens is 280 g/mol. The molecule has 5 heteroatoms. The Bertz CT molecular complexity index is 504. The summed E-state index contributed by atoms with van der Waals surface area (Å²) in [4.78, 5) is 26.3. The maximum absolute atomic E-state index is 12.3. The standard InChI is InChI=1S/C17H24N2O3/c1-13(22-2)17(21)19-11-7-6-10-15(19)12-18-16(20)14-8-4-3-5-9-14/h3-5,8-9,13,15H,6-7,10-12H2,1-2H3,(H,18,20). The molecule has 0 bridgehead atoms. The summed E-state index contributed by atoms with van der Waals surface area (Å²) in [5.74, 6) is -0.0977. The fourth-order valence-corrected chi connectivity index (χ4v) is 2.74. The minimum absolute atomic E-state index is 0.00107. The van der Waals surface area contributed by atoms with Crippen molar-refractivity contribution in [2.24, 2.45) is 0 Å². The molecule has 0 aromatic heterocycles. The van der Waals surface area contributed by atoms with Crippen molar-refractivity contribution in [3.63, 3.8) is 0 Å². The first kappa shape index (κ1) is 16.5. The number of hydrogen-bond donors (Lipinski definition) is 1. The van der Waals surface area contributed by atoms with E-state index in [2.05, 4.69) is 5.32 Å². The Labute approximate surface area is 131 Å². The lowest BCUT2D eigenvalue weighted by Crippen LogP contribution is -2.52. The van der Waals surface area contributed by atoms with Crippen molar-refractivity contribution < 1.29 is 14.3 Å². The topological polar surface area (TPSA) is 58.6 Å². The van der Waals surface area contributed by atoms with Crippen molar-refractivity contribution in [2.75, 3.05) is 20.2 Å². The highest BCUT2D eigenvalue weighted by molar-refractivity contribution is 5.94. The third-order valence-electron chi connectivity index (χ3n) is 4.15. The third kappa shape index (κ3) is 4.07. The number of hydrogen-bond acceptors (Lipinski definition) is 3. The van der Waals surface area contributed by atoms with E-state index in [1.165, 1.54) is 0 Å². The van der Waals surface area contributed by atoms with E-state index in [9.17, 15) is 9.59 Å². The molecule has 1 fully saturated rings. The zero-order chi connectivity index (χ0) is 15.9. The van der Waals surface area contributed by atoms with Crippen LogP contribution >= 0.6 is 0 Å². The van der Waals surface area contributed by atoms with E-state index in [4.69, 9.17) is 4.74 Å². The van der Waals surface area contributed by atoms with Gasteiger partial charge in [-0.3, -0.25) is 9.59 Å². The molecule has 1 saturated heterocycles. The molecule has 0 aliphatic carbocycles. The van der Waals surface area contributed by atoms with E-state index < -0.39 is 6.10 Å². The van der Waals surface area contributed by atoms with Gasteiger partial charge in [-0.2, -0.15) is 0 Å². The number of carbonyl (C=O) groups is 2. The number of rotatable bonds is 5. The zero-order valence-electron chi connectivity index (χ0n) is 13.2. The Balaban J connectivity index is 1.94. The largest absolute Gasteiger partial charge is 0.372 e. The monoisotopic (exact) mass is 304 g/mol. The van der Waals surface area contributed by atoms with E-state index in [0.29, 0.717) is 12.1 Å². The van der Waals surface area contributed by atoms with Crippen LogP contribution in [0, 0.1) is 0 Å². The molecule has 1 aliphatic heterocycles. The molecule has 0 spiro atoms. The van der Waals surface area contributed by atoms with Gasteiger partial charge in [-0.1, -0.05) is 18.2 Å². The number of benzene rings is 1. The highest BCUT2D eigenvalue weighted by Crippen LogP contribution is 2.18. The molecule has 1 heterocycles. The summed E-state index contributed by atoms with van der Waals surface area (Å²) in [5.41, 5.74) is 0.640. The van der Waals surface area contributed by atoms with Gasteiger partial charge in [0, 0.05) is 31.8 Å². The lowest BCUT2D eigenvalue weighted by molar-refractivity contribution is -0.144. The van der Waals surface area contributed by atoms with E-state index >= 15 is 0 Å². The first-order valence-electron chi connectivity index (χ1n) is 7.80. The van der Waals surface area contributed by atoms with Crippen LogP contribution in [0.15, 0.2) is 30.3 Å². The fourth-order valence-electron chi connectivity index (χ4n) is 2.74. The molecular formula is C17H24N2O3. The smallest absolute Gasteiger partial charge is 0.251 e. The van der Waals surface area contributed by atoms with Gasteiger partial charge in [0.1, 0.15) is 6.10 Å². The van der Waals surface area contributed by atoms with E-state index in [-0.39, 0.29) is 17.9 Å². The van der Waals surface area contributed by atoms with Crippen LogP contribution in [0.3, 0.4) is 0 Å². The van der Waals surface area contributed by atoms with Gasteiger partial charge in [0.05, 0.1) is 0 Å². The maximum Gasteiger partial charge on any atom is 0.251 e. The number of ether oxygens (including phenoxy) is 1. The number of piperidine rings is 1. The molecule has 2 amide bonds. The first-order chi connectivity index (χ1) is 10.6. The van der Waals surface area contributed by atoms with Crippen LogP contribution in [0.1, 0.15) is 36.5 Å². The van der Waals surface area contributed by atoms with Gasteiger partial charge in [0.25, 0.3) is 11.8 Å². The van der Waals surface area contributed by atoms with Gasteiger partial charge < -0.3 is 15.0 Å². The summed E-state index contributed by atoms with van der Waals surface area (Å²) in [6.45, 7) is 2.98. The highest BCUT2D eigenvalue weighted by Gasteiger charge is 2.29. The number of carbonyl (C=O) groups excluding carboxylic acids is 2. The Morgan fingerprint density at radius 3 is 2.73 bits per heavy atom. The molecule has 0 saturated carbocycles. The predicted molar refractivity (Wildman–Crippen MR) is 84.6 cm³/mol. The number of likely N-dealkylation sites (tertiary alicyclic amines) is 1. The van der Waals surface area contributed by atoms with E-state index in [1.807, 2.05) is 23.1 Å². The SMILES string of the molecule is COC(C)C(=O)N1CCCCC1CNC(=O)c1ccccc1. The van der Waals surface area contributed by atoms with Crippen LogP contribution in [0.4, 0.5) is 0 Å². The van der Waals surface area contributed by atoms with Gasteiger partial charge in [0.15, 0.2) is 0 Å². The number of nitrogens with zero attached hydrogens (tertiary/aromatic N) is 1. The minimum atomic E-state index is -0.439. The summed E-state index contributed by atoms with van der Waals surface area (Å²) in [6.07, 6.45) is 2.56. The summed E-state index contributed by atoms with van der Waals surface area (Å²) < 4.78 is 5.13. The predicted octanol–water partition coefficient (Wildman–Crippen LogP) is 1.83. The highest BCUT2D eigenvalue weighted by atomic mass is 16.5. The van der Waals surface area contributed by atoms with Crippen LogP contribution in [-0.4, -0.2) is 49.1 Å². The van der Waals surface area contributed by atoms with Crippen molar-refractivity contribution in [1.82, 2.24) is 10.2 Å². The fraction of sp³-hybridized carbons (Fsp3) is 0.529. The molecule has 2 unspecified atom stereocenters. The molecule has 1 N–H and O–H groups in total. The quantitative estimate of drug-likeness (QED) is 0.903. The molecule has 1 aliphatic rings. The summed E-state index contributed by atoms with van der Waals surface area (Å²) >= 11 is 0. The van der Waals surface area contributed by atoms with Gasteiger partial charge in [0.2, 0.25) is 0 Å². The molecule has 0 radical (unpaired) electrons. The lowest BCUT2D eigenvalue weighted by atomic mass is 10.0. The van der Waals surface area contributed by atoms with E-state index in [0.717, 1.165) is 25.8 Å². The third-order valence-corrected chi connectivity index (χ3v) is 4.15. The summed E-state index contributed by atoms with van der Waals surface area (Å²) in [5, 5.41) is 2.94. The Morgan fingerprint density at radius 2 is 2.05 bits per heavy atom. The second-order valence-electron chi connectivity index (χ2n) is 5.64. The zero-order valence-corrected chi connectivity index (χ0v) is 13.2. The molecule has 22 heavy (non-hydrogen) atoms. The minimum Gasteiger partial charge on any atom is -0.372 e. The summed E-state index contributed by atoms with van der Waals surface area (Å²) in [6, 6.07) is 9.17. The average molecular weight is 304 g/mol. The molecule has 2 rings (SSSR count). The van der Waals surface area contributed by atoms with Crippen molar-refractivity contribution >= 4 is 11.8 Å². The lowest BCUT2D eigenvalue weighted by Gasteiger charge is -2.37. The number of amides is 2. The Kier molecular flexibility index (Phi) is 5.95. The molecule has 1 aromatic carbocycles. The molecule has 120 valence electrons. The van der Waals surface area contributed by atoms with Gasteiger partial charge in [-0.25, -0.2) is 0 Å². The van der Waals surface area contributed by atoms with Crippen molar-refractivity contribution in [3.05, 3.63) is 35.9 Å². The number of nitrogens with one attached hydrogen (secondary N) is 1. The van der Waals surface area contributed by atoms with Crippen molar-refractivity contribution in [3.8, 4) is 0 Å². The van der Waals surface area contributed by atoms with Crippen LogP contribution in [0.2, 0.25) is 0 Å². The van der Waals surface area contributed by atoms with Crippen LogP contribution in [-0.2, 0) is 9.53 Å². The second kappa shape index (κ2) is 7.94. The van der Waals surface area contributed by atoms with Crippen LogP contribution < -0.4 is 5.32 Å². The molecule has 1 aromatic rings. The average Bonchev–Trinajstić information content (AvgIpc) is 2.59. The van der Waals surface area contributed by atoms with Crippen LogP contribution in [0.5, 0.6) is 0 Å². The maximum atomic E-state index is 12.3. The molecule has 2 atom stereocenters. The van der Waals surface area contributed by atoms with Crippen molar-refractivity contribution in [2.45, 2.75) is 38.3 Å². The Hall–Kier alpha value is -1.88. The van der Waals surface area contributed by atoms with Crippen LogP contribution in [0.25, 0.3) is 0 Å². The van der Waals surface area contributed by atoms with Gasteiger partial charge >= 0.3 is 0 Å². The first-order valence-corrected chi connectivity index (χ1v) is 7.80. The number of methoxy groups -OCH3 is 1. The van der Waals surface area contributed by atoms with Crippen molar-refractivity contribution in [1.29, 1.82) is 0 Å².